The fraction of sp³-hybridized carbons (Fsp3) is 0.739. The van der Waals surface area contributed by atoms with E-state index in [1.54, 1.807) is 0 Å². The van der Waals surface area contributed by atoms with E-state index in [0.29, 0.717) is 16.9 Å². The van der Waals surface area contributed by atoms with Crippen molar-refractivity contribution in [1.82, 2.24) is 0 Å². The molecule has 0 heterocycles. The Balaban J connectivity index is 3.20. The number of aryl methyl sites for hydroxylation is 1. The largest absolute Gasteiger partial charge is 0.508 e. The number of thioether (sulfide) groups is 1. The lowest BCUT2D eigenvalue weighted by Gasteiger charge is -2.34. The normalized spacial score (nSPS) is 16.4. The van der Waals surface area contributed by atoms with E-state index in [4.69, 9.17) is 0 Å². The van der Waals surface area contributed by atoms with Crippen LogP contribution in [0.2, 0.25) is 0 Å². The van der Waals surface area contributed by atoms with Crippen LogP contribution in [0, 0.1) is 24.2 Å². The predicted octanol–water partition coefficient (Wildman–Crippen LogP) is 6.55. The zero-order valence-corrected chi connectivity index (χ0v) is 19.1. The number of benzene rings is 1. The third-order valence-electron chi connectivity index (χ3n) is 5.62. The van der Waals surface area contributed by atoms with Crippen molar-refractivity contribution < 1.29 is 10.2 Å². The molecule has 0 radical (unpaired) electrons. The number of phenolic OH excluding ortho intramolecular Hbond substituents is 1. The fourth-order valence-corrected chi connectivity index (χ4v) is 4.72. The molecule has 0 spiro atoms. The van der Waals surface area contributed by atoms with E-state index in [2.05, 4.69) is 68.4 Å². The van der Waals surface area contributed by atoms with Crippen LogP contribution in [0.15, 0.2) is 17.0 Å². The summed E-state index contributed by atoms with van der Waals surface area (Å²) in [4.78, 5) is 1.25. The molecule has 150 valence electrons. The third kappa shape index (κ3) is 6.20. The minimum Gasteiger partial charge on any atom is -0.508 e. The fourth-order valence-electron chi connectivity index (χ4n) is 3.21. The van der Waals surface area contributed by atoms with Crippen LogP contribution in [0.5, 0.6) is 5.75 Å². The van der Waals surface area contributed by atoms with E-state index in [1.165, 1.54) is 4.90 Å². The average molecular weight is 381 g/mol. The standard InChI is InChI=1S/C23H40O2S/c1-10-15(2)20(12-17(14-24)22(4,5)6)26-21-13-18(23(7,8)9)19(25)11-16(21)3/h11,13,15,17,20,24-25H,10,12,14H2,1-9H3. The van der Waals surface area contributed by atoms with Crippen molar-refractivity contribution in [3.05, 3.63) is 23.3 Å². The van der Waals surface area contributed by atoms with Crippen LogP contribution in [-0.4, -0.2) is 22.1 Å². The summed E-state index contributed by atoms with van der Waals surface area (Å²) in [6, 6.07) is 4.08. The van der Waals surface area contributed by atoms with Gasteiger partial charge in [0.15, 0.2) is 0 Å². The lowest BCUT2D eigenvalue weighted by molar-refractivity contribution is 0.119. The lowest BCUT2D eigenvalue weighted by atomic mass is 9.77. The summed E-state index contributed by atoms with van der Waals surface area (Å²) in [7, 11) is 0. The Kier molecular flexibility index (Phi) is 8.10. The summed E-state index contributed by atoms with van der Waals surface area (Å²) >= 11 is 1.92. The van der Waals surface area contributed by atoms with Crippen molar-refractivity contribution in [1.29, 1.82) is 0 Å². The molecule has 1 rings (SSSR count). The molecule has 2 N–H and O–H groups in total. The van der Waals surface area contributed by atoms with Gasteiger partial charge >= 0.3 is 0 Å². The SMILES string of the molecule is CCC(C)C(CC(CO)C(C)(C)C)Sc1cc(C(C)(C)C)c(O)cc1C. The van der Waals surface area contributed by atoms with Gasteiger partial charge in [0.25, 0.3) is 0 Å². The zero-order valence-electron chi connectivity index (χ0n) is 18.3. The molecule has 0 aliphatic rings. The minimum atomic E-state index is -0.0853. The van der Waals surface area contributed by atoms with Gasteiger partial charge in [-0.25, -0.2) is 0 Å². The molecule has 0 fully saturated rings. The molecule has 3 heteroatoms. The highest BCUT2D eigenvalue weighted by molar-refractivity contribution is 8.00. The van der Waals surface area contributed by atoms with Crippen molar-refractivity contribution in [2.75, 3.05) is 6.61 Å². The summed E-state index contributed by atoms with van der Waals surface area (Å²) in [6.07, 6.45) is 2.13. The van der Waals surface area contributed by atoms with Crippen LogP contribution in [-0.2, 0) is 5.41 Å². The van der Waals surface area contributed by atoms with Gasteiger partial charge in [-0.05, 0) is 53.7 Å². The maximum absolute atomic E-state index is 10.4. The van der Waals surface area contributed by atoms with Crippen molar-refractivity contribution in [2.24, 2.45) is 17.3 Å². The summed E-state index contributed by atoms with van der Waals surface area (Å²) < 4.78 is 0. The van der Waals surface area contributed by atoms with E-state index in [9.17, 15) is 10.2 Å². The van der Waals surface area contributed by atoms with Crippen molar-refractivity contribution in [2.45, 2.75) is 90.7 Å². The number of hydrogen-bond acceptors (Lipinski definition) is 3. The van der Waals surface area contributed by atoms with Gasteiger partial charge < -0.3 is 10.2 Å². The van der Waals surface area contributed by atoms with Crippen LogP contribution < -0.4 is 0 Å². The number of aromatic hydroxyl groups is 1. The molecule has 0 bridgehead atoms. The highest BCUT2D eigenvalue weighted by Gasteiger charge is 2.30. The number of aliphatic hydroxyl groups is 1. The van der Waals surface area contributed by atoms with E-state index >= 15 is 0 Å². The number of rotatable bonds is 7. The first-order chi connectivity index (χ1) is 11.8. The Morgan fingerprint density at radius 1 is 1.08 bits per heavy atom. The number of phenols is 1. The first-order valence-corrected chi connectivity index (χ1v) is 10.8. The van der Waals surface area contributed by atoms with Gasteiger partial charge in [0.2, 0.25) is 0 Å². The molecule has 0 aliphatic carbocycles. The Hall–Kier alpha value is -0.670. The second-order valence-electron chi connectivity index (χ2n) is 9.91. The molecule has 0 saturated heterocycles. The molecule has 1 aromatic rings. The number of aliphatic hydroxyl groups excluding tert-OH is 1. The van der Waals surface area contributed by atoms with E-state index in [-0.39, 0.29) is 23.4 Å². The minimum absolute atomic E-state index is 0.0853. The van der Waals surface area contributed by atoms with Crippen LogP contribution in [0.25, 0.3) is 0 Å². The first kappa shape index (κ1) is 23.4. The summed E-state index contributed by atoms with van der Waals surface area (Å²) in [5.41, 5.74) is 2.15. The van der Waals surface area contributed by atoms with Crippen LogP contribution in [0.4, 0.5) is 0 Å². The molecular formula is C23H40O2S. The molecule has 0 amide bonds. The maximum atomic E-state index is 10.4. The second kappa shape index (κ2) is 9.01. The highest BCUT2D eigenvalue weighted by atomic mass is 32.2. The van der Waals surface area contributed by atoms with E-state index in [0.717, 1.165) is 24.0 Å². The van der Waals surface area contributed by atoms with Crippen LogP contribution in [0.3, 0.4) is 0 Å². The molecule has 2 nitrogen and oxygen atoms in total. The van der Waals surface area contributed by atoms with Gasteiger partial charge in [0.1, 0.15) is 5.75 Å². The van der Waals surface area contributed by atoms with Crippen LogP contribution in [0.1, 0.15) is 79.4 Å². The summed E-state index contributed by atoms with van der Waals surface area (Å²) in [5.74, 6) is 1.25. The van der Waals surface area contributed by atoms with Gasteiger partial charge in [-0.15, -0.1) is 11.8 Å². The van der Waals surface area contributed by atoms with Crippen molar-refractivity contribution >= 4 is 11.8 Å². The van der Waals surface area contributed by atoms with Crippen molar-refractivity contribution in [3.63, 3.8) is 0 Å². The van der Waals surface area contributed by atoms with Crippen molar-refractivity contribution in [3.8, 4) is 5.75 Å². The predicted molar refractivity (Wildman–Crippen MR) is 115 cm³/mol. The smallest absolute Gasteiger partial charge is 0.119 e. The average Bonchev–Trinajstić information content (AvgIpc) is 2.49. The Labute approximate surface area is 165 Å². The van der Waals surface area contributed by atoms with Gasteiger partial charge in [-0.3, -0.25) is 0 Å². The highest BCUT2D eigenvalue weighted by Crippen LogP contribution is 2.42. The Morgan fingerprint density at radius 2 is 1.65 bits per heavy atom. The Morgan fingerprint density at radius 3 is 2.08 bits per heavy atom. The maximum Gasteiger partial charge on any atom is 0.119 e. The lowest BCUT2D eigenvalue weighted by Crippen LogP contribution is -2.29. The molecule has 26 heavy (non-hydrogen) atoms. The molecule has 1 aromatic carbocycles. The molecule has 3 unspecified atom stereocenters. The molecule has 0 aromatic heterocycles. The van der Waals surface area contributed by atoms with Gasteiger partial charge in [0.05, 0.1) is 0 Å². The third-order valence-corrected chi connectivity index (χ3v) is 7.27. The molecule has 0 saturated carbocycles. The van der Waals surface area contributed by atoms with Gasteiger partial charge in [0, 0.05) is 22.3 Å². The Bertz CT molecular complexity index is 581. The monoisotopic (exact) mass is 380 g/mol. The van der Waals surface area contributed by atoms with E-state index < -0.39 is 0 Å². The topological polar surface area (TPSA) is 40.5 Å². The second-order valence-corrected chi connectivity index (χ2v) is 11.2. The van der Waals surface area contributed by atoms with Gasteiger partial charge in [-0.2, -0.15) is 0 Å². The number of hydrogen-bond donors (Lipinski definition) is 2. The zero-order chi connectivity index (χ0) is 20.3. The quantitative estimate of drug-likeness (QED) is 0.527. The molecule has 0 aliphatic heterocycles. The summed E-state index contributed by atoms with van der Waals surface area (Å²) in [5, 5.41) is 20.8. The summed E-state index contributed by atoms with van der Waals surface area (Å²) in [6.45, 7) is 19.9. The van der Waals surface area contributed by atoms with Gasteiger partial charge in [-0.1, -0.05) is 61.8 Å². The molecule has 3 atom stereocenters. The first-order valence-electron chi connectivity index (χ1n) is 9.92. The molecular weight excluding hydrogens is 340 g/mol. The van der Waals surface area contributed by atoms with E-state index in [1.807, 2.05) is 17.8 Å². The van der Waals surface area contributed by atoms with Crippen LogP contribution >= 0.6 is 11.8 Å².